The number of nitrogens with one attached hydrogen (secondary N) is 1. The molecule has 0 fully saturated rings. The molecule has 8 heteroatoms. The molecule has 0 saturated heterocycles. The third kappa shape index (κ3) is 7.35. The fourth-order valence-corrected chi connectivity index (χ4v) is 5.91. The Labute approximate surface area is 255 Å². The van der Waals surface area contributed by atoms with Gasteiger partial charge >= 0.3 is 0 Å². The zero-order valence-corrected chi connectivity index (χ0v) is 25.0. The fraction of sp³-hybridized carbons (Fsp3) is 0.206. The zero-order chi connectivity index (χ0) is 29.3. The largest absolute Gasteiger partial charge is 0.344 e. The predicted molar refractivity (Wildman–Crippen MR) is 169 cm³/mol. The average Bonchev–Trinajstić information content (AvgIpc) is 3.67. The predicted octanol–water partition coefficient (Wildman–Crippen LogP) is 7.41. The second-order valence-corrected chi connectivity index (χ2v) is 11.4. The van der Waals surface area contributed by atoms with E-state index in [4.69, 9.17) is 11.6 Å². The second-order valence-electron chi connectivity index (χ2n) is 10.1. The summed E-state index contributed by atoms with van der Waals surface area (Å²) >= 11 is 7.78. The minimum atomic E-state index is -0.200. The van der Waals surface area contributed by atoms with Gasteiger partial charge in [0.15, 0.2) is 0 Å². The molecule has 3 aromatic carbocycles. The number of hydrogen-bond acceptors (Lipinski definition) is 4. The van der Waals surface area contributed by atoms with Crippen LogP contribution in [0.15, 0.2) is 109 Å². The molecule has 5 rings (SSSR count). The summed E-state index contributed by atoms with van der Waals surface area (Å²) < 4.78 is 2.07. The normalized spacial score (nSPS) is 11.7. The lowest BCUT2D eigenvalue weighted by molar-refractivity contribution is 0.0739. The van der Waals surface area contributed by atoms with E-state index in [0.717, 1.165) is 28.2 Å². The van der Waals surface area contributed by atoms with Crippen LogP contribution in [-0.4, -0.2) is 32.8 Å². The van der Waals surface area contributed by atoms with Gasteiger partial charge in [-0.2, -0.15) is 0 Å². The van der Waals surface area contributed by atoms with E-state index in [9.17, 15) is 9.59 Å². The molecule has 5 aromatic rings. The maximum atomic E-state index is 13.3. The van der Waals surface area contributed by atoms with Crippen molar-refractivity contribution >= 4 is 34.8 Å². The summed E-state index contributed by atoms with van der Waals surface area (Å²) in [6.07, 6.45) is 3.49. The number of halogens is 1. The Morgan fingerprint density at radius 2 is 1.67 bits per heavy atom. The molecule has 214 valence electrons. The van der Waals surface area contributed by atoms with Crippen LogP contribution in [0.5, 0.6) is 0 Å². The van der Waals surface area contributed by atoms with E-state index in [2.05, 4.69) is 33.9 Å². The van der Waals surface area contributed by atoms with Gasteiger partial charge in [-0.1, -0.05) is 91.3 Å². The molecule has 1 N–H and O–H groups in total. The molecule has 1 atom stereocenters. The lowest BCUT2D eigenvalue weighted by atomic mass is 9.99. The lowest BCUT2D eigenvalue weighted by Gasteiger charge is -2.23. The summed E-state index contributed by atoms with van der Waals surface area (Å²) in [5, 5.41) is 6.27. The van der Waals surface area contributed by atoms with E-state index < -0.39 is 0 Å². The molecule has 6 nitrogen and oxygen atoms in total. The number of hydrogen-bond donors (Lipinski definition) is 1. The summed E-state index contributed by atoms with van der Waals surface area (Å²) in [7, 11) is 0. The minimum Gasteiger partial charge on any atom is -0.344 e. The highest BCUT2D eigenvalue weighted by Crippen LogP contribution is 2.22. The van der Waals surface area contributed by atoms with Crippen LogP contribution in [0, 0.1) is 0 Å². The van der Waals surface area contributed by atoms with Crippen molar-refractivity contribution in [1.29, 1.82) is 0 Å². The summed E-state index contributed by atoms with van der Waals surface area (Å²) in [5.41, 5.74) is 4.08. The molecular weight excluding hydrogens is 564 g/mol. The summed E-state index contributed by atoms with van der Waals surface area (Å²) in [6, 6.07) is 31.1. The Morgan fingerprint density at radius 3 is 2.40 bits per heavy atom. The van der Waals surface area contributed by atoms with E-state index in [-0.39, 0.29) is 17.9 Å². The number of aromatic nitrogens is 2. The highest BCUT2D eigenvalue weighted by molar-refractivity contribution is 7.09. The molecule has 0 aliphatic rings. The van der Waals surface area contributed by atoms with Gasteiger partial charge in [-0.3, -0.25) is 9.59 Å². The van der Waals surface area contributed by atoms with Crippen LogP contribution in [-0.2, 0) is 19.5 Å². The molecule has 2 amide bonds. The van der Waals surface area contributed by atoms with Crippen LogP contribution in [0.4, 0.5) is 0 Å². The van der Waals surface area contributed by atoms with Crippen LogP contribution in [0.1, 0.15) is 62.1 Å². The Balaban J connectivity index is 1.28. The molecule has 2 aromatic heterocycles. The first-order valence-corrected chi connectivity index (χ1v) is 15.3. The number of thiazole rings is 1. The highest BCUT2D eigenvalue weighted by Gasteiger charge is 2.21. The van der Waals surface area contributed by atoms with Gasteiger partial charge in [0.1, 0.15) is 10.7 Å². The van der Waals surface area contributed by atoms with E-state index >= 15 is 0 Å². The number of carbonyl (C=O) groups excluding carboxylic acids is 2. The van der Waals surface area contributed by atoms with Crippen molar-refractivity contribution in [2.45, 2.75) is 38.9 Å². The lowest BCUT2D eigenvalue weighted by Crippen LogP contribution is -2.32. The van der Waals surface area contributed by atoms with E-state index in [1.54, 1.807) is 12.1 Å². The number of nitrogens with zero attached hydrogens (tertiary/aromatic N) is 3. The van der Waals surface area contributed by atoms with E-state index in [0.29, 0.717) is 42.3 Å². The number of amides is 2. The van der Waals surface area contributed by atoms with Crippen molar-refractivity contribution in [2.75, 3.05) is 6.54 Å². The van der Waals surface area contributed by atoms with Gasteiger partial charge < -0.3 is 14.8 Å². The standard InChI is InChI=1S/C34H33ClN4O2S/c1-2-19-39(34(41)28-17-9-10-18-29(28)35)22-27-16-11-20-38(27)23-32-36-31(24-42-32)33(40)37-30(26-14-7-4-8-15-26)21-25-12-5-3-6-13-25/h3-18,20,24,30H,2,19,21-23H2,1H3,(H,37,40). The first-order valence-electron chi connectivity index (χ1n) is 14.0. The molecular formula is C34H33ClN4O2S. The molecule has 0 aliphatic heterocycles. The van der Waals surface area contributed by atoms with Gasteiger partial charge in [0.25, 0.3) is 11.8 Å². The zero-order valence-electron chi connectivity index (χ0n) is 23.4. The van der Waals surface area contributed by atoms with Crippen LogP contribution in [0.25, 0.3) is 0 Å². The Bertz CT molecular complexity index is 1620. The van der Waals surface area contributed by atoms with E-state index in [1.807, 2.05) is 89.3 Å². The summed E-state index contributed by atoms with van der Waals surface area (Å²) in [6.45, 7) is 3.62. The maximum Gasteiger partial charge on any atom is 0.271 e. The second kappa shape index (κ2) is 14.1. The first-order chi connectivity index (χ1) is 20.5. The van der Waals surface area contributed by atoms with Crippen molar-refractivity contribution in [3.05, 3.63) is 147 Å². The maximum absolute atomic E-state index is 13.3. The smallest absolute Gasteiger partial charge is 0.271 e. The Kier molecular flexibility index (Phi) is 9.85. The third-order valence-electron chi connectivity index (χ3n) is 7.04. The van der Waals surface area contributed by atoms with E-state index in [1.165, 1.54) is 11.3 Å². The fourth-order valence-electron chi connectivity index (χ4n) is 4.92. The average molecular weight is 597 g/mol. The molecule has 1 unspecified atom stereocenters. The Morgan fingerprint density at radius 1 is 0.952 bits per heavy atom. The molecule has 0 spiro atoms. The molecule has 42 heavy (non-hydrogen) atoms. The third-order valence-corrected chi connectivity index (χ3v) is 8.20. The SMILES string of the molecule is CCCN(Cc1cccn1Cc1nc(C(=O)NC(Cc2ccccc2)c2ccccc2)cs1)C(=O)c1ccccc1Cl. The number of benzene rings is 3. The van der Waals surface area contributed by atoms with Crippen molar-refractivity contribution in [2.24, 2.45) is 0 Å². The van der Waals surface area contributed by atoms with Crippen molar-refractivity contribution in [3.8, 4) is 0 Å². The van der Waals surface area contributed by atoms with Crippen molar-refractivity contribution in [3.63, 3.8) is 0 Å². The van der Waals surface area contributed by atoms with Crippen LogP contribution in [0.2, 0.25) is 5.02 Å². The van der Waals surface area contributed by atoms with Crippen LogP contribution < -0.4 is 5.32 Å². The van der Waals surface area contributed by atoms with Gasteiger partial charge in [-0.25, -0.2) is 4.98 Å². The Hall–Kier alpha value is -4.20. The van der Waals surface area contributed by atoms with Crippen LogP contribution >= 0.6 is 22.9 Å². The van der Waals surface area contributed by atoms with Gasteiger partial charge in [0.05, 0.1) is 29.7 Å². The van der Waals surface area contributed by atoms with Crippen LogP contribution in [0.3, 0.4) is 0 Å². The van der Waals surface area contributed by atoms with Gasteiger partial charge in [0.2, 0.25) is 0 Å². The minimum absolute atomic E-state index is 0.0909. The van der Waals surface area contributed by atoms with Gasteiger partial charge in [-0.15, -0.1) is 11.3 Å². The van der Waals surface area contributed by atoms with Gasteiger partial charge in [0, 0.05) is 23.8 Å². The number of carbonyl (C=O) groups is 2. The van der Waals surface area contributed by atoms with Crippen molar-refractivity contribution in [1.82, 2.24) is 19.8 Å². The monoisotopic (exact) mass is 596 g/mol. The molecule has 0 aliphatic carbocycles. The quantitative estimate of drug-likeness (QED) is 0.163. The van der Waals surface area contributed by atoms with Crippen molar-refractivity contribution < 1.29 is 9.59 Å². The topological polar surface area (TPSA) is 67.2 Å². The van der Waals surface area contributed by atoms with Gasteiger partial charge in [-0.05, 0) is 48.2 Å². The number of rotatable bonds is 12. The highest BCUT2D eigenvalue weighted by atomic mass is 35.5. The summed E-state index contributed by atoms with van der Waals surface area (Å²) in [5.74, 6) is -0.290. The molecule has 0 radical (unpaired) electrons. The summed E-state index contributed by atoms with van der Waals surface area (Å²) in [4.78, 5) is 33.1. The first kappa shape index (κ1) is 29.3. The molecule has 0 saturated carbocycles. The molecule has 0 bridgehead atoms. The molecule has 2 heterocycles.